The van der Waals surface area contributed by atoms with Gasteiger partial charge in [0, 0.05) is 23.9 Å². The van der Waals surface area contributed by atoms with E-state index in [0.29, 0.717) is 23.4 Å². The van der Waals surface area contributed by atoms with E-state index in [4.69, 9.17) is 9.79 Å². The zero-order valence-corrected chi connectivity index (χ0v) is 15.0. The number of aryl methyl sites for hydroxylation is 1. The summed E-state index contributed by atoms with van der Waals surface area (Å²) in [4.78, 5) is 32.8. The molecule has 1 rings (SSSR count). The predicted molar refractivity (Wildman–Crippen MR) is 88.7 cm³/mol. The van der Waals surface area contributed by atoms with E-state index in [0.717, 1.165) is 0 Å². The molecule has 1 atom stereocenters. The molecule has 0 spiro atoms. The van der Waals surface area contributed by atoms with Gasteiger partial charge in [0.2, 0.25) is 0 Å². The van der Waals surface area contributed by atoms with Crippen molar-refractivity contribution in [1.29, 1.82) is 0 Å². The second-order valence-corrected chi connectivity index (χ2v) is 7.24. The summed E-state index contributed by atoms with van der Waals surface area (Å²) in [6.07, 6.45) is 3.60. The molecule has 9 nitrogen and oxygen atoms in total. The lowest BCUT2D eigenvalue weighted by Crippen LogP contribution is -2.37. The molecule has 0 saturated heterocycles. The van der Waals surface area contributed by atoms with Crippen LogP contribution in [0.25, 0.3) is 0 Å². The molecule has 1 aromatic heterocycles. The van der Waals surface area contributed by atoms with Crippen molar-refractivity contribution >= 4 is 25.6 Å². The predicted octanol–water partition coefficient (Wildman–Crippen LogP) is 1.00. The van der Waals surface area contributed by atoms with Crippen molar-refractivity contribution in [2.24, 2.45) is 0 Å². The van der Waals surface area contributed by atoms with Crippen LogP contribution in [0.15, 0.2) is 6.20 Å². The van der Waals surface area contributed by atoms with Gasteiger partial charge in [0.25, 0.3) is 0 Å². The minimum absolute atomic E-state index is 0.000390. The van der Waals surface area contributed by atoms with Crippen molar-refractivity contribution in [3.63, 3.8) is 0 Å². The summed E-state index contributed by atoms with van der Waals surface area (Å²) in [5.41, 5.74) is 0.886. The van der Waals surface area contributed by atoms with Gasteiger partial charge in [-0.05, 0) is 25.4 Å². The number of phosphoric acid groups is 1. The monoisotopic (exact) mass is 380 g/mol. The number of nitrogens with one attached hydrogen (secondary N) is 1. The van der Waals surface area contributed by atoms with Crippen molar-refractivity contribution in [3.8, 4) is 5.75 Å². The fraction of sp³-hybridized carbons (Fsp3) is 0.538. The molecule has 1 aromatic rings. The Kier molecular flexibility index (Phi) is 8.14. The number of phosphoric ester groups is 1. The van der Waals surface area contributed by atoms with Gasteiger partial charge in [-0.3, -0.25) is 14.3 Å². The molecular weight excluding hydrogens is 359 g/mol. The minimum atomic E-state index is -4.67. The summed E-state index contributed by atoms with van der Waals surface area (Å²) >= 11 is 1.52. The lowest BCUT2D eigenvalue weighted by atomic mass is 10.1. The van der Waals surface area contributed by atoms with Gasteiger partial charge in [-0.2, -0.15) is 11.8 Å². The van der Waals surface area contributed by atoms with Crippen LogP contribution in [0.4, 0.5) is 0 Å². The average molecular weight is 380 g/mol. The molecule has 0 bridgehead atoms. The first-order valence-corrected chi connectivity index (χ1v) is 9.89. The van der Waals surface area contributed by atoms with Crippen LogP contribution < -0.4 is 5.32 Å². The van der Waals surface area contributed by atoms with Crippen LogP contribution in [0.2, 0.25) is 0 Å². The van der Waals surface area contributed by atoms with Crippen molar-refractivity contribution < 1.29 is 33.9 Å². The molecule has 24 heavy (non-hydrogen) atoms. The van der Waals surface area contributed by atoms with Crippen molar-refractivity contribution in [3.05, 3.63) is 23.0 Å². The number of aromatic nitrogens is 1. The topological polar surface area (TPSA) is 149 Å². The van der Waals surface area contributed by atoms with Gasteiger partial charge in [0.1, 0.15) is 11.8 Å². The highest BCUT2D eigenvalue weighted by molar-refractivity contribution is 7.98. The Hall–Kier alpha value is -1.16. The first-order valence-electron chi connectivity index (χ1n) is 6.97. The molecule has 11 heteroatoms. The van der Waals surface area contributed by atoms with Crippen LogP contribution in [-0.2, 0) is 27.0 Å². The quantitative estimate of drug-likeness (QED) is 0.372. The second-order valence-electron chi connectivity index (χ2n) is 5.01. The number of aliphatic carboxylic acids is 1. The summed E-state index contributed by atoms with van der Waals surface area (Å²) < 4.78 is 15.3. The Bertz CT molecular complexity index is 623. The molecule has 0 unspecified atom stereocenters. The molecule has 1 heterocycles. The number of carboxylic acid groups (broad SMARTS) is 1. The highest BCUT2D eigenvalue weighted by Crippen LogP contribution is 2.38. The summed E-state index contributed by atoms with van der Waals surface area (Å²) in [6, 6.07) is -0.805. The van der Waals surface area contributed by atoms with Crippen molar-refractivity contribution in [1.82, 2.24) is 10.3 Å². The molecule has 136 valence electrons. The molecule has 0 aliphatic heterocycles. The van der Waals surface area contributed by atoms with Crippen LogP contribution in [0.5, 0.6) is 5.75 Å². The molecule has 0 amide bonds. The summed E-state index contributed by atoms with van der Waals surface area (Å²) in [5.74, 6) is -0.523. The highest BCUT2D eigenvalue weighted by atomic mass is 32.2. The number of nitrogens with zero attached hydrogens (tertiary/aromatic N) is 1. The maximum absolute atomic E-state index is 11.2. The lowest BCUT2D eigenvalue weighted by Gasteiger charge is -2.17. The van der Waals surface area contributed by atoms with E-state index in [1.165, 1.54) is 18.0 Å². The maximum Gasteiger partial charge on any atom is 0.469 e. The van der Waals surface area contributed by atoms with Gasteiger partial charge in [-0.15, -0.1) is 0 Å². The standard InChI is InChI=1S/C13H21N2O7PS/c1-8-12(16)10(6-15-11(13(17)18)3-4-24-2)9(5-14-8)7-22-23(19,20)21/h5,11,15-16H,3-4,6-7H2,1-2H3,(H,17,18)(H2,19,20,21)/t11-/m0/s1. The number of hydrogen-bond acceptors (Lipinski definition) is 7. The van der Waals surface area contributed by atoms with E-state index < -0.39 is 26.4 Å². The fourth-order valence-corrected chi connectivity index (χ4v) is 2.71. The van der Waals surface area contributed by atoms with Gasteiger partial charge in [-0.25, -0.2) is 4.57 Å². The zero-order valence-electron chi connectivity index (χ0n) is 13.3. The first kappa shape index (κ1) is 20.9. The number of aromatic hydroxyl groups is 1. The molecule has 0 saturated carbocycles. The molecule has 0 aromatic carbocycles. The number of rotatable bonds is 10. The number of carboxylic acids is 1. The van der Waals surface area contributed by atoms with Crippen LogP contribution in [0, 0.1) is 6.92 Å². The fourth-order valence-electron chi connectivity index (χ4n) is 1.93. The van der Waals surface area contributed by atoms with Crippen LogP contribution >= 0.6 is 19.6 Å². The molecule has 5 N–H and O–H groups in total. The molecular formula is C13H21N2O7PS. The van der Waals surface area contributed by atoms with E-state index in [9.17, 15) is 19.6 Å². The SMILES string of the molecule is CSCC[C@H](NCc1c(COP(=O)(O)O)cnc(C)c1O)C(=O)O. The van der Waals surface area contributed by atoms with Crippen LogP contribution in [0.3, 0.4) is 0 Å². The van der Waals surface area contributed by atoms with Crippen LogP contribution in [-0.4, -0.2) is 49.0 Å². The Labute approximate surface area is 143 Å². The van der Waals surface area contributed by atoms with Crippen molar-refractivity contribution in [2.75, 3.05) is 12.0 Å². The average Bonchev–Trinajstić information content (AvgIpc) is 2.48. The van der Waals surface area contributed by atoms with E-state index in [1.54, 1.807) is 6.92 Å². The molecule has 0 aliphatic carbocycles. The number of hydrogen-bond donors (Lipinski definition) is 5. The van der Waals surface area contributed by atoms with E-state index in [2.05, 4.69) is 14.8 Å². The van der Waals surface area contributed by atoms with E-state index >= 15 is 0 Å². The summed E-state index contributed by atoms with van der Waals surface area (Å²) in [6.45, 7) is 1.11. The summed E-state index contributed by atoms with van der Waals surface area (Å²) in [7, 11) is -4.67. The summed E-state index contributed by atoms with van der Waals surface area (Å²) in [5, 5.41) is 22.2. The third kappa shape index (κ3) is 6.76. The third-order valence-electron chi connectivity index (χ3n) is 3.25. The first-order chi connectivity index (χ1) is 11.2. The highest BCUT2D eigenvalue weighted by Gasteiger charge is 2.21. The normalized spacial score (nSPS) is 13.0. The zero-order chi connectivity index (χ0) is 18.3. The Morgan fingerprint density at radius 1 is 1.50 bits per heavy atom. The molecule has 0 radical (unpaired) electrons. The smallest absolute Gasteiger partial charge is 0.469 e. The Morgan fingerprint density at radius 2 is 2.17 bits per heavy atom. The third-order valence-corrected chi connectivity index (χ3v) is 4.36. The number of thioether (sulfide) groups is 1. The lowest BCUT2D eigenvalue weighted by molar-refractivity contribution is -0.139. The van der Waals surface area contributed by atoms with E-state index in [-0.39, 0.29) is 17.9 Å². The molecule has 0 fully saturated rings. The van der Waals surface area contributed by atoms with Gasteiger partial charge < -0.3 is 25.3 Å². The maximum atomic E-state index is 11.2. The van der Waals surface area contributed by atoms with E-state index in [1.807, 2.05) is 6.26 Å². The largest absolute Gasteiger partial charge is 0.506 e. The number of carbonyl (C=O) groups is 1. The van der Waals surface area contributed by atoms with Crippen molar-refractivity contribution in [2.45, 2.75) is 32.5 Å². The Balaban J connectivity index is 2.93. The minimum Gasteiger partial charge on any atom is -0.506 e. The van der Waals surface area contributed by atoms with Gasteiger partial charge in [0.15, 0.2) is 0 Å². The number of pyridine rings is 1. The second kappa shape index (κ2) is 9.36. The van der Waals surface area contributed by atoms with Gasteiger partial charge >= 0.3 is 13.8 Å². The van der Waals surface area contributed by atoms with Gasteiger partial charge in [-0.1, -0.05) is 0 Å². The van der Waals surface area contributed by atoms with Crippen LogP contribution in [0.1, 0.15) is 23.2 Å². The Morgan fingerprint density at radius 3 is 2.71 bits per heavy atom. The van der Waals surface area contributed by atoms with Gasteiger partial charge in [0.05, 0.1) is 12.3 Å². The molecule has 0 aliphatic rings.